The first kappa shape index (κ1) is 18.0. The highest BCUT2D eigenvalue weighted by molar-refractivity contribution is 5.93. The third-order valence-electron chi connectivity index (χ3n) is 4.35. The average molecular weight is 358 g/mol. The standard InChI is InChI=1S/C19H22N2O5/c22-17(23)6-3-11-25-14-9-7-13(8-10-14)12-20-19(24)18-15-4-1-2-5-16(15)26-21-18/h7-10H,1-6,11-12H2,(H,20,24)(H,22,23). The molecule has 1 aromatic heterocycles. The summed E-state index contributed by atoms with van der Waals surface area (Å²) in [5.74, 6) is 0.473. The van der Waals surface area contributed by atoms with Crippen LogP contribution in [0.3, 0.4) is 0 Å². The molecule has 3 rings (SSSR count). The van der Waals surface area contributed by atoms with Crippen molar-refractivity contribution in [3.05, 3.63) is 46.8 Å². The number of aliphatic carboxylic acids is 1. The Morgan fingerprint density at radius 3 is 2.73 bits per heavy atom. The van der Waals surface area contributed by atoms with Crippen molar-refractivity contribution in [2.75, 3.05) is 6.61 Å². The molecule has 0 saturated heterocycles. The topological polar surface area (TPSA) is 102 Å². The lowest BCUT2D eigenvalue weighted by atomic mass is 9.96. The normalized spacial score (nSPS) is 13.1. The number of nitrogens with zero attached hydrogens (tertiary/aromatic N) is 1. The molecule has 2 aromatic rings. The van der Waals surface area contributed by atoms with Gasteiger partial charge in [-0.05, 0) is 43.4 Å². The minimum atomic E-state index is -0.826. The minimum absolute atomic E-state index is 0.0931. The number of carboxylic acid groups (broad SMARTS) is 1. The summed E-state index contributed by atoms with van der Waals surface area (Å²) >= 11 is 0. The number of aryl methyl sites for hydroxylation is 1. The molecule has 7 nitrogen and oxygen atoms in total. The number of hydrogen-bond acceptors (Lipinski definition) is 5. The van der Waals surface area contributed by atoms with Gasteiger partial charge in [-0.2, -0.15) is 0 Å². The molecule has 7 heteroatoms. The lowest BCUT2D eigenvalue weighted by Gasteiger charge is -2.10. The van der Waals surface area contributed by atoms with Gasteiger partial charge < -0.3 is 19.7 Å². The number of amides is 1. The summed E-state index contributed by atoms with van der Waals surface area (Å²) in [5.41, 5.74) is 2.28. The quantitative estimate of drug-likeness (QED) is 0.704. The van der Waals surface area contributed by atoms with E-state index in [0.717, 1.165) is 42.6 Å². The van der Waals surface area contributed by atoms with Crippen LogP contribution in [0.1, 0.15) is 53.1 Å². The number of rotatable bonds is 8. The Bertz CT molecular complexity index is 767. The molecule has 2 N–H and O–H groups in total. The van der Waals surface area contributed by atoms with E-state index >= 15 is 0 Å². The number of fused-ring (bicyclic) bond motifs is 1. The second-order valence-electron chi connectivity index (χ2n) is 6.31. The van der Waals surface area contributed by atoms with E-state index in [0.29, 0.717) is 31.0 Å². The predicted octanol–water partition coefficient (Wildman–Crippen LogP) is 2.73. The van der Waals surface area contributed by atoms with E-state index in [1.165, 1.54) is 0 Å². The molecule has 1 amide bonds. The van der Waals surface area contributed by atoms with Gasteiger partial charge >= 0.3 is 5.97 Å². The van der Waals surface area contributed by atoms with Gasteiger partial charge in [0.25, 0.3) is 5.91 Å². The van der Waals surface area contributed by atoms with Crippen LogP contribution >= 0.6 is 0 Å². The molecular formula is C19H22N2O5. The highest BCUT2D eigenvalue weighted by Crippen LogP contribution is 2.24. The second kappa shape index (κ2) is 8.51. The maximum Gasteiger partial charge on any atom is 0.303 e. The van der Waals surface area contributed by atoms with Gasteiger partial charge in [0.05, 0.1) is 6.61 Å². The smallest absolute Gasteiger partial charge is 0.303 e. The number of aromatic nitrogens is 1. The zero-order chi connectivity index (χ0) is 18.4. The van der Waals surface area contributed by atoms with Crippen LogP contribution in [0.2, 0.25) is 0 Å². The SMILES string of the molecule is O=C(O)CCCOc1ccc(CNC(=O)c2noc3c2CCCC3)cc1. The summed E-state index contributed by atoms with van der Waals surface area (Å²) in [4.78, 5) is 22.8. The number of nitrogens with one attached hydrogen (secondary N) is 1. The van der Waals surface area contributed by atoms with E-state index in [2.05, 4.69) is 10.5 Å². The van der Waals surface area contributed by atoms with Gasteiger partial charge in [-0.3, -0.25) is 9.59 Å². The first-order valence-corrected chi connectivity index (χ1v) is 8.82. The van der Waals surface area contributed by atoms with Crippen molar-refractivity contribution >= 4 is 11.9 Å². The molecule has 1 heterocycles. The van der Waals surface area contributed by atoms with E-state index in [-0.39, 0.29) is 12.3 Å². The molecule has 0 spiro atoms. The van der Waals surface area contributed by atoms with Crippen LogP contribution < -0.4 is 10.1 Å². The number of carboxylic acids is 1. The van der Waals surface area contributed by atoms with Crippen LogP contribution in [0.15, 0.2) is 28.8 Å². The van der Waals surface area contributed by atoms with Crippen molar-refractivity contribution in [1.82, 2.24) is 10.5 Å². The van der Waals surface area contributed by atoms with Gasteiger partial charge in [-0.25, -0.2) is 0 Å². The van der Waals surface area contributed by atoms with Crippen molar-refractivity contribution in [2.45, 2.75) is 45.1 Å². The lowest BCUT2D eigenvalue weighted by molar-refractivity contribution is -0.137. The Morgan fingerprint density at radius 2 is 1.96 bits per heavy atom. The zero-order valence-corrected chi connectivity index (χ0v) is 14.5. The first-order chi connectivity index (χ1) is 12.6. The summed E-state index contributed by atoms with van der Waals surface area (Å²) in [5, 5.41) is 15.4. The van der Waals surface area contributed by atoms with Gasteiger partial charge in [0.1, 0.15) is 11.5 Å². The summed E-state index contributed by atoms with van der Waals surface area (Å²) in [6.45, 7) is 0.749. The number of carbonyl (C=O) groups is 2. The molecular weight excluding hydrogens is 336 g/mol. The first-order valence-electron chi connectivity index (χ1n) is 8.82. The summed E-state index contributed by atoms with van der Waals surface area (Å²) in [6.07, 6.45) is 4.39. The van der Waals surface area contributed by atoms with E-state index in [1.54, 1.807) is 12.1 Å². The Morgan fingerprint density at radius 1 is 1.19 bits per heavy atom. The Balaban J connectivity index is 1.48. The van der Waals surface area contributed by atoms with E-state index in [4.69, 9.17) is 14.4 Å². The monoisotopic (exact) mass is 358 g/mol. The van der Waals surface area contributed by atoms with Crippen molar-refractivity contribution < 1.29 is 24.0 Å². The van der Waals surface area contributed by atoms with Crippen molar-refractivity contribution in [3.63, 3.8) is 0 Å². The predicted molar refractivity (Wildman–Crippen MR) is 93.1 cm³/mol. The molecule has 0 fully saturated rings. The molecule has 0 atom stereocenters. The Labute approximate surface area is 151 Å². The maximum absolute atomic E-state index is 12.3. The highest BCUT2D eigenvalue weighted by Gasteiger charge is 2.23. The molecule has 26 heavy (non-hydrogen) atoms. The summed E-state index contributed by atoms with van der Waals surface area (Å²) in [6, 6.07) is 7.34. The van der Waals surface area contributed by atoms with Crippen molar-refractivity contribution in [3.8, 4) is 5.75 Å². The molecule has 0 saturated carbocycles. The van der Waals surface area contributed by atoms with Gasteiger partial charge in [0.2, 0.25) is 0 Å². The van der Waals surface area contributed by atoms with Crippen LogP contribution in [0.5, 0.6) is 5.75 Å². The Hall–Kier alpha value is -2.83. The zero-order valence-electron chi connectivity index (χ0n) is 14.5. The number of hydrogen-bond donors (Lipinski definition) is 2. The molecule has 1 aliphatic carbocycles. The molecule has 0 bridgehead atoms. The van der Waals surface area contributed by atoms with E-state index < -0.39 is 5.97 Å². The van der Waals surface area contributed by atoms with Crippen molar-refractivity contribution in [2.24, 2.45) is 0 Å². The third-order valence-corrected chi connectivity index (χ3v) is 4.35. The molecule has 138 valence electrons. The van der Waals surface area contributed by atoms with Crippen LogP contribution in [0.4, 0.5) is 0 Å². The number of carbonyl (C=O) groups excluding carboxylic acids is 1. The fraction of sp³-hybridized carbons (Fsp3) is 0.421. The second-order valence-corrected chi connectivity index (χ2v) is 6.31. The fourth-order valence-corrected chi connectivity index (χ4v) is 2.95. The van der Waals surface area contributed by atoms with Crippen LogP contribution in [-0.2, 0) is 24.2 Å². The Kier molecular flexibility index (Phi) is 5.88. The molecule has 0 aliphatic heterocycles. The molecule has 1 aromatic carbocycles. The lowest BCUT2D eigenvalue weighted by Crippen LogP contribution is -2.24. The van der Waals surface area contributed by atoms with Gasteiger partial charge in [-0.15, -0.1) is 0 Å². The largest absolute Gasteiger partial charge is 0.494 e. The maximum atomic E-state index is 12.3. The number of benzene rings is 1. The third kappa shape index (κ3) is 4.62. The summed E-state index contributed by atoms with van der Waals surface area (Å²) in [7, 11) is 0. The molecule has 1 aliphatic rings. The van der Waals surface area contributed by atoms with Gasteiger partial charge in [-0.1, -0.05) is 17.3 Å². The van der Waals surface area contributed by atoms with Gasteiger partial charge in [0, 0.05) is 24.9 Å². The van der Waals surface area contributed by atoms with Crippen LogP contribution in [0, 0.1) is 0 Å². The fourth-order valence-electron chi connectivity index (χ4n) is 2.95. The van der Waals surface area contributed by atoms with Crippen LogP contribution in [0.25, 0.3) is 0 Å². The van der Waals surface area contributed by atoms with Crippen LogP contribution in [-0.4, -0.2) is 28.7 Å². The number of ether oxygens (including phenoxy) is 1. The minimum Gasteiger partial charge on any atom is -0.494 e. The van der Waals surface area contributed by atoms with Crippen molar-refractivity contribution in [1.29, 1.82) is 0 Å². The average Bonchev–Trinajstić information content (AvgIpc) is 3.08. The molecule has 0 radical (unpaired) electrons. The highest BCUT2D eigenvalue weighted by atomic mass is 16.5. The van der Waals surface area contributed by atoms with E-state index in [1.807, 2.05) is 12.1 Å². The van der Waals surface area contributed by atoms with E-state index in [9.17, 15) is 9.59 Å². The molecule has 0 unspecified atom stereocenters. The van der Waals surface area contributed by atoms with Gasteiger partial charge in [0.15, 0.2) is 5.69 Å². The summed E-state index contributed by atoms with van der Waals surface area (Å²) < 4.78 is 10.8.